The molecule has 6 heterocycles. The van der Waals surface area contributed by atoms with Crippen molar-refractivity contribution in [3.05, 3.63) is 151 Å². The van der Waals surface area contributed by atoms with Crippen molar-refractivity contribution in [1.29, 1.82) is 0 Å². The summed E-state index contributed by atoms with van der Waals surface area (Å²) >= 11 is 12.2. The molecule has 0 fully saturated rings. The topological polar surface area (TPSA) is 77.8 Å². The van der Waals surface area contributed by atoms with Gasteiger partial charge in [-0.05, 0) is 89.9 Å². The first kappa shape index (κ1) is 42.3. The quantitative estimate of drug-likeness (QED) is 0.148. The lowest BCUT2D eigenvalue weighted by Gasteiger charge is -2.24. The maximum atomic E-state index is 6.50. The summed E-state index contributed by atoms with van der Waals surface area (Å²) in [6.45, 7) is 6.74. The Kier molecular flexibility index (Phi) is 13.3. The number of aryl methyl sites for hydroxylation is 1. The first-order chi connectivity index (χ1) is 29.9. The van der Waals surface area contributed by atoms with Gasteiger partial charge >= 0.3 is 0 Å². The number of fused-ring (bicyclic) bond motifs is 9. The lowest BCUT2D eigenvalue weighted by Crippen LogP contribution is -2.24. The molecule has 3 aromatic heterocycles. The van der Waals surface area contributed by atoms with E-state index in [2.05, 4.69) is 121 Å². The van der Waals surface area contributed by atoms with Gasteiger partial charge in [0.25, 0.3) is 0 Å². The van der Waals surface area contributed by atoms with Crippen LogP contribution in [0.2, 0.25) is 5.02 Å². The zero-order valence-electron chi connectivity index (χ0n) is 34.9. The number of nitrogens with two attached hydrogens (primary N) is 1. The van der Waals surface area contributed by atoms with Gasteiger partial charge < -0.3 is 30.6 Å². The highest BCUT2D eigenvalue weighted by Crippen LogP contribution is 2.45. The summed E-state index contributed by atoms with van der Waals surface area (Å²) in [4.78, 5) is 4.37. The van der Waals surface area contributed by atoms with Crippen LogP contribution in [0.1, 0.15) is 55.2 Å². The molecule has 0 bridgehead atoms. The van der Waals surface area contributed by atoms with Crippen LogP contribution < -0.4 is 16.4 Å². The van der Waals surface area contributed by atoms with Gasteiger partial charge in [0.2, 0.25) is 0 Å². The first-order valence-corrected chi connectivity index (χ1v) is 24.0. The number of halogens is 1. The Balaban J connectivity index is 0.000000118. The minimum atomic E-state index is 0.0496. The van der Waals surface area contributed by atoms with E-state index in [1.54, 1.807) is 0 Å². The van der Waals surface area contributed by atoms with Crippen LogP contribution in [0.15, 0.2) is 109 Å². The average molecular weight is 887 g/mol. The highest BCUT2D eigenvalue weighted by molar-refractivity contribution is 7.20. The van der Waals surface area contributed by atoms with Crippen LogP contribution in [0.5, 0.6) is 0 Å². The average Bonchev–Trinajstić information content (AvgIpc) is 4.01. The third kappa shape index (κ3) is 8.71. The highest BCUT2D eigenvalue weighted by Gasteiger charge is 2.28. The molecule has 0 aliphatic carbocycles. The van der Waals surface area contributed by atoms with E-state index < -0.39 is 0 Å². The molecule has 8 aromatic rings. The van der Waals surface area contributed by atoms with Crippen LogP contribution in [0.3, 0.4) is 0 Å². The van der Waals surface area contributed by atoms with Crippen molar-refractivity contribution in [3.63, 3.8) is 0 Å². The number of benzene rings is 5. The summed E-state index contributed by atoms with van der Waals surface area (Å²) in [5.74, 6) is 0. The van der Waals surface area contributed by atoms with E-state index in [1.165, 1.54) is 83.8 Å². The standard InChI is InChI=1S/C19H19NOS.C18H17NOS.C14H16ClNOS/c1-20-12-16-19-15-11-14(13-5-3-2-4-6-13)7-8-17(15)22-18(19)9-10-21-16;19-11-15-18-14-10-13(12-4-2-1-3-5-12)6-7-16(14)21-17(18)8-9-20-15;1-8-3-4-10-13(14(8)15)12-9(7-16-2)17-6-5-11(12)18-10/h2-8,11,16,20H,9-10,12H2,1H3;1-7,10,15H,8-9,11,19H2;3-4,9,16H,5-7H2,1-2H3. The van der Waals surface area contributed by atoms with Crippen molar-refractivity contribution in [1.82, 2.24) is 10.6 Å². The number of hydrogen-bond acceptors (Lipinski definition) is 9. The molecule has 10 heteroatoms. The summed E-state index contributed by atoms with van der Waals surface area (Å²) < 4.78 is 21.7. The van der Waals surface area contributed by atoms with E-state index in [-0.39, 0.29) is 18.3 Å². The van der Waals surface area contributed by atoms with Crippen molar-refractivity contribution in [2.45, 2.75) is 44.5 Å². The lowest BCUT2D eigenvalue weighted by molar-refractivity contribution is 0.0461. The molecule has 0 amide bonds. The Bertz CT molecular complexity index is 2760. The van der Waals surface area contributed by atoms with Crippen molar-refractivity contribution in [3.8, 4) is 22.3 Å². The first-order valence-electron chi connectivity index (χ1n) is 21.2. The number of hydrogen-bond donors (Lipinski definition) is 3. The molecule has 0 spiro atoms. The summed E-state index contributed by atoms with van der Waals surface area (Å²) in [5, 5.41) is 11.2. The molecule has 5 aromatic carbocycles. The third-order valence-electron chi connectivity index (χ3n) is 11.8. The van der Waals surface area contributed by atoms with Crippen molar-refractivity contribution in [2.75, 3.05) is 53.6 Å². The fourth-order valence-corrected chi connectivity index (χ4v) is 12.9. The zero-order valence-corrected chi connectivity index (χ0v) is 38.1. The second-order valence-corrected chi connectivity index (χ2v) is 19.5. The van der Waals surface area contributed by atoms with E-state index in [0.29, 0.717) is 6.54 Å². The fourth-order valence-electron chi connectivity index (χ4n) is 8.89. The molecule has 3 aliphatic heterocycles. The van der Waals surface area contributed by atoms with Gasteiger partial charge in [0, 0.05) is 89.7 Å². The van der Waals surface area contributed by atoms with Gasteiger partial charge in [0.1, 0.15) is 0 Å². The van der Waals surface area contributed by atoms with Gasteiger partial charge in [-0.2, -0.15) is 0 Å². The number of thiophene rings is 3. The third-order valence-corrected chi connectivity index (χ3v) is 16.0. The van der Waals surface area contributed by atoms with Gasteiger partial charge in [0.15, 0.2) is 0 Å². The fraction of sp³-hybridized carbons (Fsp3) is 0.294. The molecule has 3 unspecified atom stereocenters. The number of rotatable bonds is 7. The summed E-state index contributed by atoms with van der Waals surface area (Å²) in [6, 6.07) is 38.9. The lowest BCUT2D eigenvalue weighted by atomic mass is 9.98. The Labute approximate surface area is 375 Å². The number of nitrogens with one attached hydrogen (secondary N) is 2. The smallest absolute Gasteiger partial charge is 0.0966 e. The maximum Gasteiger partial charge on any atom is 0.0966 e. The predicted octanol–water partition coefficient (Wildman–Crippen LogP) is 12.2. The molecule has 4 N–H and O–H groups in total. The van der Waals surface area contributed by atoms with Crippen LogP contribution in [-0.4, -0.2) is 53.6 Å². The molecular formula is C51H52ClN3O3S3. The molecular weight excluding hydrogens is 834 g/mol. The molecule has 6 nitrogen and oxygen atoms in total. The molecule has 0 radical (unpaired) electrons. The Morgan fingerprint density at radius 2 is 1.00 bits per heavy atom. The molecule has 11 rings (SSSR count). The van der Waals surface area contributed by atoms with E-state index >= 15 is 0 Å². The van der Waals surface area contributed by atoms with Crippen LogP contribution >= 0.6 is 45.6 Å². The molecule has 314 valence electrons. The van der Waals surface area contributed by atoms with Gasteiger partial charge in [-0.15, -0.1) is 34.0 Å². The van der Waals surface area contributed by atoms with Gasteiger partial charge in [-0.1, -0.05) is 90.5 Å². The Morgan fingerprint density at radius 3 is 1.51 bits per heavy atom. The Morgan fingerprint density at radius 1 is 0.557 bits per heavy atom. The van der Waals surface area contributed by atoms with Crippen LogP contribution in [0, 0.1) is 6.92 Å². The largest absolute Gasteiger partial charge is 0.372 e. The minimum absolute atomic E-state index is 0.0496. The molecule has 0 saturated carbocycles. The van der Waals surface area contributed by atoms with Gasteiger partial charge in [-0.25, -0.2) is 0 Å². The minimum Gasteiger partial charge on any atom is -0.372 e. The van der Waals surface area contributed by atoms with Crippen molar-refractivity contribution < 1.29 is 14.2 Å². The van der Waals surface area contributed by atoms with Gasteiger partial charge in [-0.3, -0.25) is 0 Å². The normalized spacial score (nSPS) is 18.1. The monoisotopic (exact) mass is 885 g/mol. The SMILES string of the molecule is CNCC1OCCc2sc3ccc(-c4ccccc4)cc3c21.CNCC1OCCc2sc3ccc(C)c(Cl)c3c21.NCC1OCCc2sc3ccc(-c4ccccc4)cc3c21. The summed E-state index contributed by atoms with van der Waals surface area (Å²) in [7, 11) is 3.95. The number of ether oxygens (including phenoxy) is 3. The van der Waals surface area contributed by atoms with E-state index in [1.807, 2.05) is 54.2 Å². The van der Waals surface area contributed by atoms with E-state index in [0.717, 1.165) is 62.8 Å². The summed E-state index contributed by atoms with van der Waals surface area (Å²) in [5.41, 5.74) is 16.1. The van der Waals surface area contributed by atoms with Crippen molar-refractivity contribution in [2.24, 2.45) is 5.73 Å². The second kappa shape index (κ2) is 19.2. The highest BCUT2D eigenvalue weighted by atomic mass is 35.5. The van der Waals surface area contributed by atoms with Crippen LogP contribution in [0.25, 0.3) is 52.5 Å². The molecule has 0 saturated heterocycles. The maximum absolute atomic E-state index is 6.50. The molecule has 3 atom stereocenters. The van der Waals surface area contributed by atoms with Crippen molar-refractivity contribution >= 4 is 75.9 Å². The molecule has 61 heavy (non-hydrogen) atoms. The predicted molar refractivity (Wildman–Crippen MR) is 260 cm³/mol. The van der Waals surface area contributed by atoms with Crippen LogP contribution in [0.4, 0.5) is 0 Å². The second-order valence-electron chi connectivity index (χ2n) is 15.7. The molecule has 3 aliphatic rings. The van der Waals surface area contributed by atoms with E-state index in [4.69, 9.17) is 31.5 Å². The van der Waals surface area contributed by atoms with E-state index in [9.17, 15) is 0 Å². The van der Waals surface area contributed by atoms with Crippen LogP contribution in [-0.2, 0) is 33.5 Å². The van der Waals surface area contributed by atoms with Gasteiger partial charge in [0.05, 0.1) is 43.2 Å². The Hall–Kier alpha value is -3.97. The zero-order chi connectivity index (χ0) is 41.9. The number of likely N-dealkylation sites (N-methyl/N-ethyl adjacent to an activating group) is 2. The summed E-state index contributed by atoms with van der Waals surface area (Å²) in [6.07, 6.45) is 3.40.